The number of nitrogens with zero attached hydrogens (tertiary/aromatic N) is 2. The third kappa shape index (κ3) is 17.7. The number of rotatable bonds is 14. The number of methoxy groups -OCH3 is 2. The van der Waals surface area contributed by atoms with Gasteiger partial charge in [-0.1, -0.05) is 49.8 Å². The second-order valence-corrected chi connectivity index (χ2v) is 16.9. The molecule has 0 bridgehead atoms. The van der Waals surface area contributed by atoms with Crippen LogP contribution in [0.1, 0.15) is 87.1 Å². The molecule has 0 fully saturated rings. The van der Waals surface area contributed by atoms with Crippen molar-refractivity contribution in [1.29, 1.82) is 0 Å². The summed E-state index contributed by atoms with van der Waals surface area (Å²) in [5.41, 5.74) is 30.7. The number of aliphatic hydroxyl groups is 1. The van der Waals surface area contributed by atoms with E-state index in [1.54, 1.807) is 62.8 Å². The predicted molar refractivity (Wildman–Crippen MR) is 265 cm³/mol. The Balaban J connectivity index is 0.000000352. The first kappa shape index (κ1) is 53.0. The van der Waals surface area contributed by atoms with Gasteiger partial charge in [0, 0.05) is 87.9 Å². The highest BCUT2D eigenvalue weighted by Crippen LogP contribution is 2.38. The second-order valence-electron chi connectivity index (χ2n) is 14.7. The predicted octanol–water partition coefficient (Wildman–Crippen LogP) is 7.62. The summed E-state index contributed by atoms with van der Waals surface area (Å²) in [5.74, 6) is 0.897. The number of Topliss-reactive ketones (excluding diaryl/α,β-unsaturated/α-hetero) is 1. The molecule has 0 saturated heterocycles. The quantitative estimate of drug-likeness (QED) is 0.0364. The van der Waals surface area contributed by atoms with Crippen molar-refractivity contribution < 1.29 is 50.3 Å². The third-order valence-corrected chi connectivity index (χ3v) is 11.2. The molecule has 0 amide bonds. The Morgan fingerprint density at radius 1 is 0.742 bits per heavy atom. The minimum absolute atomic E-state index is 0.0779. The third-order valence-electron chi connectivity index (χ3n) is 9.63. The number of nitrogen functional groups attached to an aromatic ring is 3. The second kappa shape index (κ2) is 28.4. The zero-order valence-electron chi connectivity index (χ0n) is 40.3. The number of carbonyl (C=O) groups excluding carboxylic acids is 1. The SMILES string of the molecule is CO.COCCOc1ccc(C(=O)Cc2ccc(F)c([C@]3(C)CCSC(N)=N3)c2)c(N)c1.COCCOc1ccc(C(=O)O)c(N)c1.C[C@@]1(c2cc(N)ccc2F)CCSC(N)=N1.[2H]C([3H])CC. The van der Waals surface area contributed by atoms with Crippen LogP contribution in [0.5, 0.6) is 11.5 Å². The molecule has 0 saturated carbocycles. The number of aliphatic imine (C=N–C) groups is 2. The highest BCUT2D eigenvalue weighted by Gasteiger charge is 2.33. The van der Waals surface area contributed by atoms with E-state index in [0.717, 1.165) is 25.0 Å². The first-order valence-corrected chi connectivity index (χ1v) is 22.6. The maximum atomic E-state index is 14.6. The molecule has 0 aliphatic carbocycles. The summed E-state index contributed by atoms with van der Waals surface area (Å²) in [6.07, 6.45) is 2.17. The topological polar surface area (TPSA) is 266 Å². The van der Waals surface area contributed by atoms with E-state index >= 15 is 0 Å². The molecule has 2 heterocycles. The van der Waals surface area contributed by atoms with Crippen molar-refractivity contribution in [3.8, 4) is 11.5 Å². The van der Waals surface area contributed by atoms with Crippen molar-refractivity contribution in [2.24, 2.45) is 21.5 Å². The van der Waals surface area contributed by atoms with E-state index in [-0.39, 0.29) is 35.1 Å². The lowest BCUT2D eigenvalue weighted by Gasteiger charge is -2.30. The molecule has 4 aromatic carbocycles. The van der Waals surface area contributed by atoms with Gasteiger partial charge in [0.05, 0.1) is 29.9 Å². The summed E-state index contributed by atoms with van der Waals surface area (Å²) in [5, 5.41) is 16.7. The fourth-order valence-corrected chi connectivity index (χ4v) is 8.24. The van der Waals surface area contributed by atoms with Crippen LogP contribution in [0.3, 0.4) is 0 Å². The fourth-order valence-electron chi connectivity index (χ4n) is 6.29. The number of nitrogens with two attached hydrogens (primary N) is 5. The number of halogens is 2. The lowest BCUT2D eigenvalue weighted by atomic mass is 9.87. The van der Waals surface area contributed by atoms with Gasteiger partial charge in [0.15, 0.2) is 16.1 Å². The Hall–Kier alpha value is -5.60. The number of hydrogen-bond acceptors (Lipinski definition) is 16. The summed E-state index contributed by atoms with van der Waals surface area (Å²) < 4.78 is 61.8. The lowest BCUT2D eigenvalue weighted by Crippen LogP contribution is -2.29. The lowest BCUT2D eigenvalue weighted by molar-refractivity contribution is 0.0697. The van der Waals surface area contributed by atoms with E-state index in [1.165, 1.54) is 47.8 Å². The molecular formula is C47H65F2N7O8S2. The van der Waals surface area contributed by atoms with Crippen LogP contribution in [0.4, 0.5) is 25.8 Å². The molecule has 4 aromatic rings. The molecule has 1 unspecified atom stereocenters. The first-order valence-electron chi connectivity index (χ1n) is 21.8. The Labute approximate surface area is 397 Å². The summed E-state index contributed by atoms with van der Waals surface area (Å²) in [6.45, 7) is 6.69. The summed E-state index contributed by atoms with van der Waals surface area (Å²) in [6, 6.07) is 18.7. The minimum Gasteiger partial charge on any atom is -0.491 e. The number of amidine groups is 2. The molecule has 0 radical (unpaired) electrons. The number of carboxylic acid groups (broad SMARTS) is 1. The molecular weight excluding hydrogens is 893 g/mol. The number of ketones is 1. The molecule has 12 N–H and O–H groups in total. The van der Waals surface area contributed by atoms with Crippen LogP contribution in [0.25, 0.3) is 0 Å². The standard InChI is InChI=1S/C22H26FN3O3S.C11H14FN3S.C10H13NO4.C3H8.CH4O/c1-22(7-10-30-21(25)26-22)17-11-14(3-6-18(17)23)12-20(27)16-5-4-15(13-19(16)24)29-9-8-28-2;1-11(4-5-16-10(14)15-11)8-6-7(13)2-3-9(8)12;1-14-4-5-15-7-2-3-8(10(12)13)9(11)6-7;1-3-2;1-2/h3-6,11,13H,7-10,12,24H2,1-2H3,(H2,25,26);2-3,6H,4-5,13H2,1H3,(H2,14,15);2-3,6H,4-5,11H2,1H3,(H,12,13);3H2,1-2H3;2H,1H3/t22-;11-;;;/m00.../s1/i;;;1TD;. The molecule has 15 nitrogen and oxygen atoms in total. The van der Waals surface area contributed by atoms with Gasteiger partial charge in [0.2, 0.25) is 0 Å². The molecule has 6 rings (SSSR count). The molecule has 0 aromatic heterocycles. The number of ether oxygens (including phenoxy) is 4. The number of hydrogen-bond donors (Lipinski definition) is 7. The molecule has 66 heavy (non-hydrogen) atoms. The van der Waals surface area contributed by atoms with E-state index in [1.807, 2.05) is 20.8 Å². The molecule has 3 atom stereocenters. The zero-order chi connectivity index (χ0) is 51.0. The van der Waals surface area contributed by atoms with Crippen LogP contribution in [0.15, 0.2) is 82.8 Å². The van der Waals surface area contributed by atoms with E-state index in [2.05, 4.69) is 9.98 Å². The summed E-state index contributed by atoms with van der Waals surface area (Å²) in [4.78, 5) is 32.3. The molecule has 0 spiro atoms. The summed E-state index contributed by atoms with van der Waals surface area (Å²) in [7, 11) is 4.17. The number of aliphatic hydroxyl groups excluding tert-OH is 1. The maximum absolute atomic E-state index is 14.6. The van der Waals surface area contributed by atoms with Gasteiger partial charge < -0.3 is 57.8 Å². The van der Waals surface area contributed by atoms with Crippen molar-refractivity contribution in [3.05, 3.63) is 112 Å². The Bertz CT molecular complexity index is 2320. The largest absolute Gasteiger partial charge is 0.491 e. The van der Waals surface area contributed by atoms with Gasteiger partial charge >= 0.3 is 5.97 Å². The van der Waals surface area contributed by atoms with Crippen LogP contribution < -0.4 is 38.1 Å². The average molecular weight is 961 g/mol. The van der Waals surface area contributed by atoms with Gasteiger partial charge in [0.25, 0.3) is 0 Å². The van der Waals surface area contributed by atoms with E-state index < -0.39 is 23.9 Å². The van der Waals surface area contributed by atoms with Crippen LogP contribution in [-0.4, -0.2) is 91.6 Å². The number of thioether (sulfide) groups is 2. The van der Waals surface area contributed by atoms with Gasteiger partial charge in [-0.05, 0) is 86.8 Å². The average Bonchev–Trinajstić information content (AvgIpc) is 3.29. The Morgan fingerprint density at radius 3 is 1.62 bits per heavy atom. The van der Waals surface area contributed by atoms with Crippen LogP contribution in [0, 0.1) is 11.6 Å². The van der Waals surface area contributed by atoms with Crippen LogP contribution in [-0.2, 0) is 27.0 Å². The maximum Gasteiger partial charge on any atom is 0.337 e. The van der Waals surface area contributed by atoms with Gasteiger partial charge in [-0.3, -0.25) is 14.8 Å². The summed E-state index contributed by atoms with van der Waals surface area (Å²) >= 11 is 2.96. The van der Waals surface area contributed by atoms with Gasteiger partial charge in [0.1, 0.15) is 36.3 Å². The van der Waals surface area contributed by atoms with E-state index in [4.69, 9.17) is 60.6 Å². The highest BCUT2D eigenvalue weighted by atomic mass is 32.2. The highest BCUT2D eigenvalue weighted by molar-refractivity contribution is 8.14. The van der Waals surface area contributed by atoms with Gasteiger partial charge in [-0.25, -0.2) is 13.6 Å². The molecule has 2 aliphatic heterocycles. The molecule has 362 valence electrons. The van der Waals surface area contributed by atoms with Crippen molar-refractivity contribution >= 4 is 62.7 Å². The van der Waals surface area contributed by atoms with E-state index in [0.29, 0.717) is 94.7 Å². The van der Waals surface area contributed by atoms with Crippen molar-refractivity contribution in [2.75, 3.05) is 76.5 Å². The van der Waals surface area contributed by atoms with E-state index in [9.17, 15) is 18.4 Å². The van der Waals surface area contributed by atoms with Crippen LogP contribution >= 0.6 is 23.5 Å². The molecule has 19 heteroatoms. The fraction of sp³-hybridized carbons (Fsp3) is 0.404. The number of aromatic carboxylic acids is 1. The van der Waals surface area contributed by atoms with Gasteiger partial charge in [-0.15, -0.1) is 0 Å². The first-order chi connectivity index (χ1) is 32.2. The normalized spacial score (nSPS) is 18.1. The number of carbonyl (C=O) groups is 2. The monoisotopic (exact) mass is 960 g/mol. The van der Waals surface area contributed by atoms with Gasteiger partial charge in [-0.2, -0.15) is 0 Å². The number of benzene rings is 4. The number of carboxylic acids is 1. The van der Waals surface area contributed by atoms with Crippen molar-refractivity contribution in [2.45, 2.75) is 64.4 Å². The van der Waals surface area contributed by atoms with Crippen molar-refractivity contribution in [1.82, 2.24) is 0 Å². The van der Waals surface area contributed by atoms with Crippen molar-refractivity contribution in [3.63, 3.8) is 0 Å². The van der Waals surface area contributed by atoms with Crippen LogP contribution in [0.2, 0.25) is 0 Å². The zero-order valence-corrected chi connectivity index (χ0v) is 39.9. The number of anilines is 3. The smallest absolute Gasteiger partial charge is 0.337 e. The Kier molecular flexibility index (Phi) is 22.8. The minimum atomic E-state index is -1.05. The Morgan fingerprint density at radius 2 is 1.20 bits per heavy atom. The molecule has 2 aliphatic rings.